The summed E-state index contributed by atoms with van der Waals surface area (Å²) in [6, 6.07) is 15.8. The van der Waals surface area contributed by atoms with Crippen molar-refractivity contribution in [3.63, 3.8) is 0 Å². The van der Waals surface area contributed by atoms with Crippen LogP contribution in [-0.2, 0) is 4.74 Å². The zero-order chi connectivity index (χ0) is 18.8. The van der Waals surface area contributed by atoms with E-state index in [4.69, 9.17) is 4.74 Å². The first-order chi connectivity index (χ1) is 13.2. The summed E-state index contributed by atoms with van der Waals surface area (Å²) in [5.74, 6) is -0.394. The maximum Gasteiger partial charge on any atom is 0.273 e. The Labute approximate surface area is 156 Å². The Hall–Kier alpha value is -2.99. The van der Waals surface area contributed by atoms with E-state index in [1.165, 1.54) is 12.1 Å². The number of hydrogen-bond acceptors (Lipinski definition) is 3. The lowest BCUT2D eigenvalue weighted by atomic mass is 9.96. The Morgan fingerprint density at radius 3 is 2.59 bits per heavy atom. The highest BCUT2D eigenvalue weighted by Crippen LogP contribution is 2.42. The second kappa shape index (κ2) is 7.32. The number of nitrogens with one attached hydrogen (secondary N) is 1. The van der Waals surface area contributed by atoms with Crippen LogP contribution >= 0.6 is 0 Å². The van der Waals surface area contributed by atoms with Gasteiger partial charge in [-0.1, -0.05) is 42.5 Å². The standard InChI is InChI=1S/C21H20FN3O2/c1-27-13-5-12-25-20(15-8-10-16(22)11-9-15)17-18(14-6-3-2-4-7-14)23-24-19(17)21(25)26/h2-4,6-11,20H,5,12-13H2,1H3,(H,23,24). The number of halogens is 1. The van der Waals surface area contributed by atoms with Crippen molar-refractivity contribution in [2.75, 3.05) is 20.3 Å². The van der Waals surface area contributed by atoms with Crippen LogP contribution in [-0.4, -0.2) is 41.3 Å². The second-order valence-corrected chi connectivity index (χ2v) is 6.53. The van der Waals surface area contributed by atoms with E-state index >= 15 is 0 Å². The van der Waals surface area contributed by atoms with Crippen molar-refractivity contribution in [2.45, 2.75) is 12.5 Å². The number of hydrogen-bond donors (Lipinski definition) is 1. The molecule has 27 heavy (non-hydrogen) atoms. The molecule has 3 aromatic rings. The molecule has 1 amide bonds. The van der Waals surface area contributed by atoms with E-state index in [0.717, 1.165) is 28.8 Å². The maximum atomic E-state index is 13.5. The molecule has 0 radical (unpaired) electrons. The molecule has 0 fully saturated rings. The molecular weight excluding hydrogens is 345 g/mol. The molecular formula is C21H20FN3O2. The van der Waals surface area contributed by atoms with Gasteiger partial charge < -0.3 is 9.64 Å². The van der Waals surface area contributed by atoms with Gasteiger partial charge in [-0.25, -0.2) is 4.39 Å². The fourth-order valence-electron chi connectivity index (χ4n) is 3.61. The molecule has 1 N–H and O–H groups in total. The van der Waals surface area contributed by atoms with Gasteiger partial charge >= 0.3 is 0 Å². The topological polar surface area (TPSA) is 58.2 Å². The summed E-state index contributed by atoms with van der Waals surface area (Å²) in [6.45, 7) is 1.11. The number of benzene rings is 2. The van der Waals surface area contributed by atoms with Gasteiger partial charge in [0.05, 0.1) is 11.7 Å². The van der Waals surface area contributed by atoms with Gasteiger partial charge in [-0.15, -0.1) is 0 Å². The Morgan fingerprint density at radius 1 is 1.15 bits per heavy atom. The number of fused-ring (bicyclic) bond motifs is 1. The molecule has 0 spiro atoms. The van der Waals surface area contributed by atoms with E-state index < -0.39 is 0 Å². The molecule has 1 aromatic heterocycles. The third-order valence-corrected chi connectivity index (χ3v) is 4.84. The SMILES string of the molecule is COCCCN1C(=O)c2[nH]nc(-c3ccccc3)c2C1c1ccc(F)cc1. The molecule has 5 nitrogen and oxygen atoms in total. The Morgan fingerprint density at radius 2 is 1.89 bits per heavy atom. The number of carbonyl (C=O) groups excluding carboxylic acids is 1. The number of carbonyl (C=O) groups is 1. The van der Waals surface area contributed by atoms with Crippen molar-refractivity contribution in [3.8, 4) is 11.3 Å². The summed E-state index contributed by atoms with van der Waals surface area (Å²) >= 11 is 0. The van der Waals surface area contributed by atoms with Gasteiger partial charge in [0.1, 0.15) is 11.5 Å². The lowest BCUT2D eigenvalue weighted by molar-refractivity contribution is 0.0723. The van der Waals surface area contributed by atoms with Crippen LogP contribution in [0.3, 0.4) is 0 Å². The minimum absolute atomic E-state index is 0.0925. The van der Waals surface area contributed by atoms with E-state index in [9.17, 15) is 9.18 Å². The van der Waals surface area contributed by atoms with Crippen molar-refractivity contribution in [1.29, 1.82) is 0 Å². The number of methoxy groups -OCH3 is 1. The van der Waals surface area contributed by atoms with E-state index in [2.05, 4.69) is 10.2 Å². The molecule has 0 aliphatic carbocycles. The second-order valence-electron chi connectivity index (χ2n) is 6.53. The predicted octanol–water partition coefficient (Wildman–Crippen LogP) is 3.80. The summed E-state index contributed by atoms with van der Waals surface area (Å²) in [6.07, 6.45) is 0.721. The van der Waals surface area contributed by atoms with Crippen LogP contribution in [0.25, 0.3) is 11.3 Å². The lowest BCUT2D eigenvalue weighted by Crippen LogP contribution is -2.31. The van der Waals surface area contributed by atoms with Gasteiger partial charge in [0, 0.05) is 31.4 Å². The number of aromatic nitrogens is 2. The average molecular weight is 365 g/mol. The van der Waals surface area contributed by atoms with Gasteiger partial charge in [0.2, 0.25) is 0 Å². The monoisotopic (exact) mass is 365 g/mol. The number of rotatable bonds is 6. The highest BCUT2D eigenvalue weighted by atomic mass is 19.1. The van der Waals surface area contributed by atoms with Crippen LogP contribution < -0.4 is 0 Å². The molecule has 4 rings (SSSR count). The van der Waals surface area contributed by atoms with E-state index in [0.29, 0.717) is 18.8 Å². The largest absolute Gasteiger partial charge is 0.385 e. The van der Waals surface area contributed by atoms with Gasteiger partial charge in [0.15, 0.2) is 0 Å². The number of H-pyrrole nitrogens is 1. The van der Waals surface area contributed by atoms with Gasteiger partial charge in [-0.2, -0.15) is 5.10 Å². The predicted molar refractivity (Wildman–Crippen MR) is 99.8 cm³/mol. The van der Waals surface area contributed by atoms with Gasteiger partial charge in [0.25, 0.3) is 5.91 Å². The van der Waals surface area contributed by atoms with Crippen LogP contribution in [0.2, 0.25) is 0 Å². The highest BCUT2D eigenvalue weighted by Gasteiger charge is 2.41. The molecule has 138 valence electrons. The van der Waals surface area contributed by atoms with Crippen molar-refractivity contribution in [2.24, 2.45) is 0 Å². The summed E-state index contributed by atoms with van der Waals surface area (Å²) in [5, 5.41) is 7.33. The highest BCUT2D eigenvalue weighted by molar-refractivity contribution is 6.00. The molecule has 1 unspecified atom stereocenters. The summed E-state index contributed by atoms with van der Waals surface area (Å²) < 4.78 is 18.6. The first kappa shape index (κ1) is 17.4. The first-order valence-corrected chi connectivity index (χ1v) is 8.89. The molecule has 1 aliphatic heterocycles. The molecule has 0 saturated heterocycles. The van der Waals surface area contributed by atoms with Gasteiger partial charge in [-0.05, 0) is 24.1 Å². The molecule has 0 saturated carbocycles. The fraction of sp³-hybridized carbons (Fsp3) is 0.238. The normalized spacial score (nSPS) is 16.0. The smallest absolute Gasteiger partial charge is 0.273 e. The fourth-order valence-corrected chi connectivity index (χ4v) is 3.61. The van der Waals surface area contributed by atoms with Crippen LogP contribution in [0.5, 0.6) is 0 Å². The quantitative estimate of drug-likeness (QED) is 0.676. The van der Waals surface area contributed by atoms with Crippen molar-refractivity contribution in [3.05, 3.63) is 77.2 Å². The van der Waals surface area contributed by atoms with Gasteiger partial charge in [-0.3, -0.25) is 9.89 Å². The van der Waals surface area contributed by atoms with Crippen LogP contribution in [0.15, 0.2) is 54.6 Å². The van der Waals surface area contributed by atoms with Crippen molar-refractivity contribution in [1.82, 2.24) is 15.1 Å². The van der Waals surface area contributed by atoms with Crippen LogP contribution in [0.4, 0.5) is 4.39 Å². The number of nitrogens with zero attached hydrogens (tertiary/aromatic N) is 2. The third-order valence-electron chi connectivity index (χ3n) is 4.84. The molecule has 2 heterocycles. The summed E-state index contributed by atoms with van der Waals surface area (Å²) in [5.41, 5.74) is 3.89. The minimum Gasteiger partial charge on any atom is -0.385 e. The minimum atomic E-state index is -0.307. The average Bonchev–Trinajstić information content (AvgIpc) is 3.23. The molecule has 1 atom stereocenters. The molecule has 6 heteroatoms. The lowest BCUT2D eigenvalue weighted by Gasteiger charge is -2.26. The Kier molecular flexibility index (Phi) is 4.73. The zero-order valence-electron chi connectivity index (χ0n) is 15.0. The van der Waals surface area contributed by atoms with Crippen LogP contribution in [0.1, 0.15) is 34.1 Å². The third kappa shape index (κ3) is 3.13. The summed E-state index contributed by atoms with van der Waals surface area (Å²) in [4.78, 5) is 14.8. The zero-order valence-corrected chi connectivity index (χ0v) is 15.0. The Bertz CT molecular complexity index is 938. The maximum absolute atomic E-state index is 13.5. The van der Waals surface area contributed by atoms with E-state index in [1.807, 2.05) is 35.2 Å². The molecule has 2 aromatic carbocycles. The Balaban J connectivity index is 1.81. The molecule has 1 aliphatic rings. The van der Waals surface area contributed by atoms with Crippen molar-refractivity contribution < 1.29 is 13.9 Å². The van der Waals surface area contributed by atoms with E-state index in [-0.39, 0.29) is 17.8 Å². The van der Waals surface area contributed by atoms with E-state index in [1.54, 1.807) is 19.2 Å². The number of ether oxygens (including phenoxy) is 1. The van der Waals surface area contributed by atoms with Crippen molar-refractivity contribution >= 4 is 5.91 Å². The van der Waals surface area contributed by atoms with Crippen LogP contribution in [0, 0.1) is 5.82 Å². The number of aromatic amines is 1. The molecule has 0 bridgehead atoms. The first-order valence-electron chi connectivity index (χ1n) is 8.89. The number of amides is 1. The summed E-state index contributed by atoms with van der Waals surface area (Å²) in [7, 11) is 1.64.